The number of hydrogen-bond donors (Lipinski definition) is 3. The van der Waals surface area contributed by atoms with Gasteiger partial charge in [0.15, 0.2) is 0 Å². The van der Waals surface area contributed by atoms with Crippen LogP contribution in [0.5, 0.6) is 5.75 Å². The van der Waals surface area contributed by atoms with E-state index in [1.165, 1.54) is 12.3 Å². The number of nitrogens with zero attached hydrogens (tertiary/aromatic N) is 1. The molecule has 0 unspecified atom stereocenters. The third-order valence-electron chi connectivity index (χ3n) is 2.59. The normalized spacial score (nSPS) is 10.0. The number of benzene rings is 1. The zero-order chi connectivity index (χ0) is 14.4. The van der Waals surface area contributed by atoms with Gasteiger partial charge in [-0.25, -0.2) is 9.78 Å². The van der Waals surface area contributed by atoms with Gasteiger partial charge in [0.2, 0.25) is 0 Å². The van der Waals surface area contributed by atoms with Crippen LogP contribution >= 0.6 is 0 Å². The van der Waals surface area contributed by atoms with E-state index in [2.05, 4.69) is 10.3 Å². The molecule has 1 aromatic carbocycles. The van der Waals surface area contributed by atoms with Crippen molar-refractivity contribution in [3.05, 3.63) is 48.2 Å². The first-order valence-electron chi connectivity index (χ1n) is 6.07. The van der Waals surface area contributed by atoms with E-state index in [4.69, 9.17) is 15.6 Å². The van der Waals surface area contributed by atoms with E-state index in [-0.39, 0.29) is 11.3 Å². The molecule has 20 heavy (non-hydrogen) atoms. The Hall–Kier alpha value is -2.76. The molecule has 1 aromatic heterocycles. The average Bonchev–Trinajstić information content (AvgIpc) is 2.46. The van der Waals surface area contributed by atoms with Crippen LogP contribution in [-0.4, -0.2) is 29.2 Å². The van der Waals surface area contributed by atoms with E-state index in [1.54, 1.807) is 0 Å². The summed E-state index contributed by atoms with van der Waals surface area (Å²) >= 11 is 0. The summed E-state index contributed by atoms with van der Waals surface area (Å²) in [7, 11) is 0. The lowest BCUT2D eigenvalue weighted by Gasteiger charge is -2.09. The number of carboxylic acids is 1. The average molecular weight is 273 g/mol. The number of aromatic nitrogens is 1. The molecule has 0 aliphatic rings. The van der Waals surface area contributed by atoms with Crippen LogP contribution in [0.25, 0.3) is 0 Å². The maximum Gasteiger partial charge on any atom is 0.337 e. The minimum Gasteiger partial charge on any atom is -0.492 e. The molecule has 104 valence electrons. The van der Waals surface area contributed by atoms with Gasteiger partial charge in [0.05, 0.1) is 24.0 Å². The van der Waals surface area contributed by atoms with Gasteiger partial charge < -0.3 is 20.9 Å². The molecule has 0 saturated heterocycles. The number of carbonyl (C=O) groups is 1. The Labute approximate surface area is 116 Å². The highest BCUT2D eigenvalue weighted by atomic mass is 16.5. The summed E-state index contributed by atoms with van der Waals surface area (Å²) in [6, 6.07) is 10.8. The molecule has 0 atom stereocenters. The molecule has 0 amide bonds. The number of nitrogens with one attached hydrogen (secondary N) is 1. The second-order valence-corrected chi connectivity index (χ2v) is 4.05. The minimum atomic E-state index is -1.08. The smallest absolute Gasteiger partial charge is 0.337 e. The number of nitrogens with two attached hydrogens (primary N) is 1. The third-order valence-corrected chi connectivity index (χ3v) is 2.59. The molecular weight excluding hydrogens is 258 g/mol. The second kappa shape index (κ2) is 6.42. The molecular formula is C14H15N3O3. The Morgan fingerprint density at radius 1 is 1.35 bits per heavy atom. The molecule has 0 fully saturated rings. The van der Waals surface area contributed by atoms with E-state index in [1.807, 2.05) is 30.3 Å². The standard InChI is InChI=1S/C14H15N3O3/c15-12-9-17-13(8-11(12)14(18)19)16-6-7-20-10-4-2-1-3-5-10/h1-5,8-9H,6-7,15H2,(H,16,17)(H,18,19). The highest BCUT2D eigenvalue weighted by Crippen LogP contribution is 2.14. The van der Waals surface area contributed by atoms with Crippen LogP contribution in [0.1, 0.15) is 10.4 Å². The second-order valence-electron chi connectivity index (χ2n) is 4.05. The summed E-state index contributed by atoms with van der Waals surface area (Å²) in [5.74, 6) is 0.160. The van der Waals surface area contributed by atoms with Crippen molar-refractivity contribution in [1.82, 2.24) is 4.98 Å². The van der Waals surface area contributed by atoms with Gasteiger partial charge in [0.25, 0.3) is 0 Å². The predicted octanol–water partition coefficient (Wildman–Crippen LogP) is 1.85. The predicted molar refractivity (Wildman–Crippen MR) is 76.0 cm³/mol. The van der Waals surface area contributed by atoms with E-state index in [0.29, 0.717) is 19.0 Å². The van der Waals surface area contributed by atoms with Gasteiger partial charge in [-0.05, 0) is 18.2 Å². The van der Waals surface area contributed by atoms with Gasteiger partial charge in [-0.1, -0.05) is 18.2 Å². The first-order chi connectivity index (χ1) is 9.66. The molecule has 6 heteroatoms. The number of ether oxygens (including phenoxy) is 1. The highest BCUT2D eigenvalue weighted by Gasteiger charge is 2.09. The largest absolute Gasteiger partial charge is 0.492 e. The summed E-state index contributed by atoms with van der Waals surface area (Å²) in [6.45, 7) is 0.948. The van der Waals surface area contributed by atoms with Crippen molar-refractivity contribution >= 4 is 17.5 Å². The van der Waals surface area contributed by atoms with Crippen LogP contribution < -0.4 is 15.8 Å². The maximum absolute atomic E-state index is 10.9. The summed E-state index contributed by atoms with van der Waals surface area (Å²) < 4.78 is 5.50. The van der Waals surface area contributed by atoms with Crippen molar-refractivity contribution in [2.75, 3.05) is 24.2 Å². The quantitative estimate of drug-likeness (QED) is 0.695. The Kier molecular flexibility index (Phi) is 4.39. The summed E-state index contributed by atoms with van der Waals surface area (Å²) in [5.41, 5.74) is 5.70. The lowest BCUT2D eigenvalue weighted by atomic mass is 10.2. The van der Waals surface area contributed by atoms with E-state index < -0.39 is 5.97 Å². The summed E-state index contributed by atoms with van der Waals surface area (Å²) in [5, 5.41) is 11.9. The van der Waals surface area contributed by atoms with Gasteiger partial charge in [0, 0.05) is 0 Å². The summed E-state index contributed by atoms with van der Waals surface area (Å²) in [6.07, 6.45) is 1.32. The number of para-hydroxylation sites is 1. The Morgan fingerprint density at radius 3 is 2.80 bits per heavy atom. The fourth-order valence-corrected chi connectivity index (χ4v) is 1.61. The number of carboxylic acid groups (broad SMARTS) is 1. The number of hydrogen-bond acceptors (Lipinski definition) is 5. The van der Waals surface area contributed by atoms with Crippen LogP contribution in [0, 0.1) is 0 Å². The maximum atomic E-state index is 10.9. The first kappa shape index (κ1) is 13.7. The van der Waals surface area contributed by atoms with Gasteiger partial charge >= 0.3 is 5.97 Å². The number of aromatic carboxylic acids is 1. The molecule has 2 rings (SSSR count). The highest BCUT2D eigenvalue weighted by molar-refractivity contribution is 5.94. The van der Waals surface area contributed by atoms with E-state index >= 15 is 0 Å². The lowest BCUT2D eigenvalue weighted by Crippen LogP contribution is -2.13. The fourth-order valence-electron chi connectivity index (χ4n) is 1.61. The van der Waals surface area contributed by atoms with Crippen LogP contribution in [0.2, 0.25) is 0 Å². The summed E-state index contributed by atoms with van der Waals surface area (Å²) in [4.78, 5) is 14.9. The number of rotatable bonds is 6. The van der Waals surface area contributed by atoms with Crippen molar-refractivity contribution in [3.8, 4) is 5.75 Å². The number of anilines is 2. The Bertz CT molecular complexity index is 587. The Balaban J connectivity index is 1.85. The van der Waals surface area contributed by atoms with Crippen LogP contribution in [-0.2, 0) is 0 Å². The van der Waals surface area contributed by atoms with Crippen molar-refractivity contribution in [2.24, 2.45) is 0 Å². The van der Waals surface area contributed by atoms with Gasteiger partial charge in [-0.3, -0.25) is 0 Å². The van der Waals surface area contributed by atoms with E-state index in [0.717, 1.165) is 5.75 Å². The molecule has 0 aliphatic heterocycles. The fraction of sp³-hybridized carbons (Fsp3) is 0.143. The molecule has 6 nitrogen and oxygen atoms in total. The van der Waals surface area contributed by atoms with Crippen molar-refractivity contribution in [2.45, 2.75) is 0 Å². The molecule has 0 spiro atoms. The molecule has 0 saturated carbocycles. The molecule has 0 aliphatic carbocycles. The lowest BCUT2D eigenvalue weighted by molar-refractivity contribution is 0.0698. The topological polar surface area (TPSA) is 97.5 Å². The molecule has 4 N–H and O–H groups in total. The molecule has 1 heterocycles. The first-order valence-corrected chi connectivity index (χ1v) is 6.07. The zero-order valence-electron chi connectivity index (χ0n) is 10.7. The van der Waals surface area contributed by atoms with Gasteiger partial charge in [0.1, 0.15) is 18.2 Å². The molecule has 2 aromatic rings. The van der Waals surface area contributed by atoms with E-state index in [9.17, 15) is 4.79 Å². The van der Waals surface area contributed by atoms with Gasteiger partial charge in [-0.15, -0.1) is 0 Å². The number of nitrogen functional groups attached to an aromatic ring is 1. The SMILES string of the molecule is Nc1cnc(NCCOc2ccccc2)cc1C(=O)O. The molecule has 0 radical (unpaired) electrons. The third kappa shape index (κ3) is 3.61. The van der Waals surface area contributed by atoms with Crippen LogP contribution in [0.15, 0.2) is 42.6 Å². The van der Waals surface area contributed by atoms with Crippen molar-refractivity contribution in [1.29, 1.82) is 0 Å². The van der Waals surface area contributed by atoms with Crippen molar-refractivity contribution < 1.29 is 14.6 Å². The van der Waals surface area contributed by atoms with Crippen molar-refractivity contribution in [3.63, 3.8) is 0 Å². The monoisotopic (exact) mass is 273 g/mol. The van der Waals surface area contributed by atoms with Gasteiger partial charge in [-0.2, -0.15) is 0 Å². The van der Waals surface area contributed by atoms with Crippen LogP contribution in [0.4, 0.5) is 11.5 Å². The Morgan fingerprint density at radius 2 is 2.10 bits per heavy atom. The van der Waals surface area contributed by atoms with Crippen LogP contribution in [0.3, 0.4) is 0 Å². The number of pyridine rings is 1. The minimum absolute atomic E-state index is 0.0338. The zero-order valence-corrected chi connectivity index (χ0v) is 10.7. The molecule has 0 bridgehead atoms.